The SMILES string of the molecule is CC(C)c1nnc(C2CN(C(=O)Nc3ncn(C4CCCCC4)n3)CCO2)o1. The van der Waals surface area contributed by atoms with Crippen LogP contribution < -0.4 is 5.32 Å². The van der Waals surface area contributed by atoms with Gasteiger partial charge in [0.25, 0.3) is 0 Å². The fourth-order valence-electron chi connectivity index (χ4n) is 3.62. The van der Waals surface area contributed by atoms with Crippen molar-refractivity contribution in [1.82, 2.24) is 29.9 Å². The van der Waals surface area contributed by atoms with Crippen molar-refractivity contribution in [3.63, 3.8) is 0 Å². The average molecular weight is 389 g/mol. The van der Waals surface area contributed by atoms with Gasteiger partial charge in [0, 0.05) is 12.5 Å². The smallest absolute Gasteiger partial charge is 0.324 e. The first-order valence-corrected chi connectivity index (χ1v) is 10.0. The Labute approximate surface area is 163 Å². The van der Waals surface area contributed by atoms with Crippen molar-refractivity contribution in [3.05, 3.63) is 18.1 Å². The molecule has 0 aromatic carbocycles. The molecule has 0 radical (unpaired) electrons. The third kappa shape index (κ3) is 4.16. The fourth-order valence-corrected chi connectivity index (χ4v) is 3.62. The highest BCUT2D eigenvalue weighted by Crippen LogP contribution is 2.27. The number of carbonyl (C=O) groups excluding carboxylic acids is 1. The van der Waals surface area contributed by atoms with Gasteiger partial charge in [-0.3, -0.25) is 5.32 Å². The van der Waals surface area contributed by atoms with Gasteiger partial charge in [-0.15, -0.1) is 15.3 Å². The van der Waals surface area contributed by atoms with Gasteiger partial charge in [-0.05, 0) is 12.8 Å². The van der Waals surface area contributed by atoms with Crippen molar-refractivity contribution in [2.75, 3.05) is 25.0 Å². The maximum atomic E-state index is 12.6. The van der Waals surface area contributed by atoms with Crippen molar-refractivity contribution in [3.8, 4) is 0 Å². The predicted octanol–water partition coefficient (Wildman–Crippen LogP) is 2.90. The van der Waals surface area contributed by atoms with Crippen LogP contribution in [0.25, 0.3) is 0 Å². The number of aromatic nitrogens is 5. The molecule has 1 saturated heterocycles. The number of urea groups is 1. The normalized spacial score (nSPS) is 21.2. The van der Waals surface area contributed by atoms with Crippen LogP contribution in [0.5, 0.6) is 0 Å². The van der Waals surface area contributed by atoms with Crippen molar-refractivity contribution >= 4 is 12.0 Å². The van der Waals surface area contributed by atoms with Crippen LogP contribution in [0.4, 0.5) is 10.7 Å². The second kappa shape index (κ2) is 8.26. The first-order chi connectivity index (χ1) is 13.6. The minimum Gasteiger partial charge on any atom is -0.422 e. The van der Waals surface area contributed by atoms with E-state index in [1.807, 2.05) is 18.5 Å². The topological polar surface area (TPSA) is 111 Å². The van der Waals surface area contributed by atoms with Gasteiger partial charge in [-0.25, -0.2) is 14.5 Å². The maximum Gasteiger partial charge on any atom is 0.324 e. The molecule has 1 aliphatic carbocycles. The standard InChI is InChI=1S/C18H27N7O3/c1-12(2)15-21-22-16(28-15)14-10-24(8-9-27-14)18(26)20-17-19-11-25(23-17)13-6-4-3-5-7-13/h11-14H,3-10H2,1-2H3,(H,20,23,26). The third-order valence-corrected chi connectivity index (χ3v) is 5.26. The van der Waals surface area contributed by atoms with Crippen molar-refractivity contribution < 1.29 is 13.9 Å². The molecule has 28 heavy (non-hydrogen) atoms. The Morgan fingerprint density at radius 3 is 2.82 bits per heavy atom. The molecule has 2 aromatic rings. The monoisotopic (exact) mass is 389 g/mol. The Kier molecular flexibility index (Phi) is 5.56. The summed E-state index contributed by atoms with van der Waals surface area (Å²) in [6.45, 7) is 5.20. The minimum absolute atomic E-state index is 0.148. The molecule has 0 spiro atoms. The second-order valence-electron chi connectivity index (χ2n) is 7.71. The van der Waals surface area contributed by atoms with Gasteiger partial charge in [-0.1, -0.05) is 33.1 Å². The highest BCUT2D eigenvalue weighted by Gasteiger charge is 2.30. The minimum atomic E-state index is -0.424. The van der Waals surface area contributed by atoms with Crippen LogP contribution in [0.1, 0.15) is 75.8 Å². The molecule has 152 valence electrons. The van der Waals surface area contributed by atoms with Gasteiger partial charge in [0.15, 0.2) is 6.10 Å². The highest BCUT2D eigenvalue weighted by molar-refractivity contribution is 5.87. The molecule has 4 rings (SSSR count). The molecule has 1 N–H and O–H groups in total. The van der Waals surface area contributed by atoms with E-state index < -0.39 is 6.10 Å². The van der Waals surface area contributed by atoms with Gasteiger partial charge in [0.1, 0.15) is 6.33 Å². The summed E-state index contributed by atoms with van der Waals surface area (Å²) in [5, 5.41) is 15.3. The van der Waals surface area contributed by atoms with E-state index in [-0.39, 0.29) is 11.9 Å². The molecular formula is C18H27N7O3. The van der Waals surface area contributed by atoms with Crippen LogP contribution >= 0.6 is 0 Å². The lowest BCUT2D eigenvalue weighted by molar-refractivity contribution is -0.0277. The summed E-state index contributed by atoms with van der Waals surface area (Å²) in [6, 6.07) is 0.130. The molecule has 10 nitrogen and oxygen atoms in total. The Hall–Kier alpha value is -2.49. The number of nitrogens with zero attached hydrogens (tertiary/aromatic N) is 6. The van der Waals surface area contributed by atoms with Gasteiger partial charge in [0.05, 0.1) is 19.2 Å². The molecule has 0 bridgehead atoms. The van der Waals surface area contributed by atoms with E-state index >= 15 is 0 Å². The molecule has 3 heterocycles. The molecule has 1 aliphatic heterocycles. The fraction of sp³-hybridized carbons (Fsp3) is 0.722. The number of nitrogens with one attached hydrogen (secondary N) is 1. The largest absolute Gasteiger partial charge is 0.422 e. The molecule has 1 atom stereocenters. The number of ether oxygens (including phenoxy) is 1. The number of rotatable bonds is 4. The zero-order valence-corrected chi connectivity index (χ0v) is 16.4. The lowest BCUT2D eigenvalue weighted by atomic mass is 9.96. The first kappa shape index (κ1) is 18.9. The molecule has 10 heteroatoms. The van der Waals surface area contributed by atoms with Crippen molar-refractivity contribution in [2.45, 2.75) is 64.0 Å². The average Bonchev–Trinajstić information content (AvgIpc) is 3.39. The number of hydrogen-bond acceptors (Lipinski definition) is 7. The Balaban J connectivity index is 1.35. The second-order valence-corrected chi connectivity index (χ2v) is 7.71. The predicted molar refractivity (Wildman–Crippen MR) is 99.8 cm³/mol. The quantitative estimate of drug-likeness (QED) is 0.856. The van der Waals surface area contributed by atoms with Crippen LogP contribution in [0, 0.1) is 0 Å². The summed E-state index contributed by atoms with van der Waals surface area (Å²) in [5.41, 5.74) is 0. The first-order valence-electron chi connectivity index (χ1n) is 10.0. The number of carbonyl (C=O) groups is 1. The summed E-state index contributed by atoms with van der Waals surface area (Å²) in [5.74, 6) is 1.45. The molecule has 2 fully saturated rings. The van der Waals surface area contributed by atoms with Gasteiger partial charge in [0.2, 0.25) is 17.7 Å². The summed E-state index contributed by atoms with van der Waals surface area (Å²) < 4.78 is 13.3. The number of anilines is 1. The number of morpholine rings is 1. The Morgan fingerprint density at radius 1 is 1.25 bits per heavy atom. The van der Waals surface area contributed by atoms with Crippen LogP contribution in [0.15, 0.2) is 10.7 Å². The van der Waals surface area contributed by atoms with E-state index in [2.05, 4.69) is 25.6 Å². The van der Waals surface area contributed by atoms with Gasteiger partial charge >= 0.3 is 6.03 Å². The zero-order valence-electron chi connectivity index (χ0n) is 16.4. The van der Waals surface area contributed by atoms with E-state index in [0.717, 1.165) is 12.8 Å². The van der Waals surface area contributed by atoms with E-state index in [1.54, 1.807) is 11.2 Å². The third-order valence-electron chi connectivity index (χ3n) is 5.26. The summed E-state index contributed by atoms with van der Waals surface area (Å²) in [4.78, 5) is 18.6. The van der Waals surface area contributed by atoms with E-state index in [9.17, 15) is 4.79 Å². The number of hydrogen-bond donors (Lipinski definition) is 1. The Bertz CT molecular complexity index is 797. The lowest BCUT2D eigenvalue weighted by Crippen LogP contribution is -2.44. The van der Waals surface area contributed by atoms with Gasteiger partial charge in [-0.2, -0.15) is 0 Å². The van der Waals surface area contributed by atoms with Crippen molar-refractivity contribution in [2.24, 2.45) is 0 Å². The van der Waals surface area contributed by atoms with Crippen LogP contribution in [-0.2, 0) is 4.74 Å². The van der Waals surface area contributed by atoms with Crippen molar-refractivity contribution in [1.29, 1.82) is 0 Å². The summed E-state index contributed by atoms with van der Waals surface area (Å²) in [6.07, 6.45) is 7.23. The number of amides is 2. The van der Waals surface area contributed by atoms with E-state index in [0.29, 0.717) is 43.5 Å². The van der Waals surface area contributed by atoms with Gasteiger partial charge < -0.3 is 14.1 Å². The Morgan fingerprint density at radius 2 is 2.07 bits per heavy atom. The summed E-state index contributed by atoms with van der Waals surface area (Å²) >= 11 is 0. The molecule has 1 saturated carbocycles. The maximum absolute atomic E-state index is 12.6. The molecule has 2 aliphatic rings. The summed E-state index contributed by atoms with van der Waals surface area (Å²) in [7, 11) is 0. The van der Waals surface area contributed by atoms with E-state index in [4.69, 9.17) is 9.15 Å². The molecule has 2 aromatic heterocycles. The van der Waals surface area contributed by atoms with Crippen LogP contribution in [0.2, 0.25) is 0 Å². The molecule has 2 amide bonds. The lowest BCUT2D eigenvalue weighted by Gasteiger charge is -2.30. The van der Waals surface area contributed by atoms with Crippen LogP contribution in [-0.4, -0.2) is 55.6 Å². The zero-order chi connectivity index (χ0) is 19.5. The molecule has 1 unspecified atom stereocenters. The molecular weight excluding hydrogens is 362 g/mol. The van der Waals surface area contributed by atoms with E-state index in [1.165, 1.54) is 19.3 Å². The highest BCUT2D eigenvalue weighted by atomic mass is 16.5. The van der Waals surface area contributed by atoms with Crippen LogP contribution in [0.3, 0.4) is 0 Å².